The second-order valence-electron chi connectivity index (χ2n) is 6.93. The summed E-state index contributed by atoms with van der Waals surface area (Å²) in [6.07, 6.45) is 0.265. The summed E-state index contributed by atoms with van der Waals surface area (Å²) >= 11 is 0. The van der Waals surface area contributed by atoms with Crippen LogP contribution in [0.1, 0.15) is 6.42 Å². The van der Waals surface area contributed by atoms with E-state index in [4.69, 9.17) is 9.47 Å². The fourth-order valence-corrected chi connectivity index (χ4v) is 3.58. The number of carbonyl (C=O) groups excluding carboxylic acids is 3. The highest BCUT2D eigenvalue weighted by molar-refractivity contribution is 5.99. The second kappa shape index (κ2) is 5.79. The lowest BCUT2D eigenvalue weighted by atomic mass is 10.0. The lowest BCUT2D eigenvalue weighted by Crippen LogP contribution is -2.40. The third-order valence-electron chi connectivity index (χ3n) is 5.04. The van der Waals surface area contributed by atoms with Crippen LogP contribution in [0.4, 0.5) is 21.0 Å². The molecule has 1 atom stereocenters. The zero-order valence-corrected chi connectivity index (χ0v) is 14.7. The molecular formula is C17H20N4O5. The number of fused-ring (bicyclic) bond motifs is 1. The molecule has 138 valence electrons. The molecule has 0 unspecified atom stereocenters. The van der Waals surface area contributed by atoms with Crippen molar-refractivity contribution in [3.8, 4) is 5.75 Å². The quantitative estimate of drug-likeness (QED) is 0.810. The summed E-state index contributed by atoms with van der Waals surface area (Å²) in [5.74, 6) is 0.459. The van der Waals surface area contributed by atoms with Crippen LogP contribution >= 0.6 is 0 Å². The Morgan fingerprint density at radius 2 is 2.04 bits per heavy atom. The Morgan fingerprint density at radius 3 is 2.77 bits per heavy atom. The normalized spacial score (nSPS) is 24.6. The largest absolute Gasteiger partial charge is 0.482 e. The second-order valence-corrected chi connectivity index (χ2v) is 6.93. The van der Waals surface area contributed by atoms with E-state index in [0.717, 1.165) is 0 Å². The minimum absolute atomic E-state index is 0.0121. The lowest BCUT2D eigenvalue weighted by molar-refractivity contribution is -0.120. The van der Waals surface area contributed by atoms with Gasteiger partial charge in [-0.15, -0.1) is 0 Å². The summed E-state index contributed by atoms with van der Waals surface area (Å²) in [4.78, 5) is 40.6. The third-order valence-corrected chi connectivity index (χ3v) is 5.04. The number of nitrogens with zero attached hydrogens (tertiary/aromatic N) is 3. The van der Waals surface area contributed by atoms with Crippen molar-refractivity contribution in [2.75, 3.05) is 50.6 Å². The van der Waals surface area contributed by atoms with Crippen molar-refractivity contribution < 1.29 is 23.9 Å². The Balaban J connectivity index is 1.45. The molecule has 0 bridgehead atoms. The predicted octanol–water partition coefficient (Wildman–Crippen LogP) is 1.10. The van der Waals surface area contributed by atoms with Gasteiger partial charge in [-0.25, -0.2) is 9.59 Å². The Kier molecular flexibility index (Phi) is 3.67. The number of likely N-dealkylation sites (tertiary alicyclic amines) is 1. The Morgan fingerprint density at radius 1 is 1.23 bits per heavy atom. The molecule has 0 aliphatic carbocycles. The molecule has 1 spiro atoms. The zero-order chi connectivity index (χ0) is 18.5. The fraction of sp³-hybridized carbons (Fsp3) is 0.471. The van der Waals surface area contributed by atoms with Crippen molar-refractivity contribution >= 4 is 29.4 Å². The molecule has 9 nitrogen and oxygen atoms in total. The van der Waals surface area contributed by atoms with Crippen molar-refractivity contribution in [3.05, 3.63) is 18.2 Å². The summed E-state index contributed by atoms with van der Waals surface area (Å²) in [6, 6.07) is 4.90. The molecular weight excluding hydrogens is 340 g/mol. The summed E-state index contributed by atoms with van der Waals surface area (Å²) in [7, 11) is 3.36. The minimum atomic E-state index is -0.612. The Bertz CT molecular complexity index is 797. The molecule has 0 saturated carbocycles. The molecule has 1 N–H and O–H groups in total. The van der Waals surface area contributed by atoms with Gasteiger partial charge in [-0.05, 0) is 18.2 Å². The van der Waals surface area contributed by atoms with Crippen LogP contribution in [0.15, 0.2) is 18.2 Å². The first-order valence-corrected chi connectivity index (χ1v) is 8.40. The number of nitrogens with one attached hydrogen (secondary N) is 1. The van der Waals surface area contributed by atoms with Crippen LogP contribution in [-0.4, -0.2) is 73.8 Å². The number of hydrogen-bond donors (Lipinski definition) is 1. The first kappa shape index (κ1) is 16.5. The molecule has 0 radical (unpaired) electrons. The van der Waals surface area contributed by atoms with E-state index in [2.05, 4.69) is 5.32 Å². The van der Waals surface area contributed by atoms with Crippen molar-refractivity contribution in [2.24, 2.45) is 0 Å². The molecule has 9 heteroatoms. The number of urea groups is 1. The molecule has 3 aliphatic heterocycles. The number of benzene rings is 1. The lowest BCUT2D eigenvalue weighted by Gasteiger charge is -2.26. The average Bonchev–Trinajstić information content (AvgIpc) is 3.14. The monoisotopic (exact) mass is 360 g/mol. The van der Waals surface area contributed by atoms with Crippen LogP contribution in [-0.2, 0) is 9.53 Å². The van der Waals surface area contributed by atoms with Gasteiger partial charge < -0.3 is 29.5 Å². The molecule has 26 heavy (non-hydrogen) atoms. The van der Waals surface area contributed by atoms with Gasteiger partial charge in [0.25, 0.3) is 5.91 Å². The van der Waals surface area contributed by atoms with Gasteiger partial charge in [0, 0.05) is 32.7 Å². The highest BCUT2D eigenvalue weighted by Crippen LogP contribution is 2.35. The topological polar surface area (TPSA) is 91.4 Å². The number of hydrogen-bond acceptors (Lipinski definition) is 5. The van der Waals surface area contributed by atoms with Crippen LogP contribution in [0.25, 0.3) is 0 Å². The van der Waals surface area contributed by atoms with Gasteiger partial charge >= 0.3 is 12.1 Å². The summed E-state index contributed by atoms with van der Waals surface area (Å²) in [6.45, 7) is 1.37. The van der Waals surface area contributed by atoms with Crippen LogP contribution < -0.4 is 15.0 Å². The van der Waals surface area contributed by atoms with Crippen LogP contribution in [0.3, 0.4) is 0 Å². The highest BCUT2D eigenvalue weighted by Gasteiger charge is 2.49. The third kappa shape index (κ3) is 2.69. The van der Waals surface area contributed by atoms with Gasteiger partial charge in [0.15, 0.2) is 12.2 Å². The summed E-state index contributed by atoms with van der Waals surface area (Å²) < 4.78 is 10.8. The summed E-state index contributed by atoms with van der Waals surface area (Å²) in [5.41, 5.74) is 0.572. The van der Waals surface area contributed by atoms with Crippen molar-refractivity contribution in [2.45, 2.75) is 12.0 Å². The molecule has 3 heterocycles. The van der Waals surface area contributed by atoms with Gasteiger partial charge in [0.2, 0.25) is 0 Å². The number of ether oxygens (including phenoxy) is 2. The van der Waals surface area contributed by atoms with Crippen molar-refractivity contribution in [3.63, 3.8) is 0 Å². The maximum absolute atomic E-state index is 12.6. The number of rotatable bonds is 1. The van der Waals surface area contributed by atoms with Gasteiger partial charge in [0.05, 0.1) is 18.8 Å². The SMILES string of the molecule is CN1C[C@]2(CCN(C(=O)Nc3ccc4c(c3)N(C)C(=O)CO4)C2)OC1=O. The van der Waals surface area contributed by atoms with Crippen molar-refractivity contribution in [1.82, 2.24) is 9.80 Å². The molecule has 0 aromatic heterocycles. The van der Waals surface area contributed by atoms with Crippen LogP contribution in [0, 0.1) is 0 Å². The van der Waals surface area contributed by atoms with Gasteiger partial charge in [-0.2, -0.15) is 0 Å². The van der Waals surface area contributed by atoms with Crippen LogP contribution in [0.5, 0.6) is 5.75 Å². The molecule has 4 rings (SSSR count). The van der Waals surface area contributed by atoms with E-state index in [-0.39, 0.29) is 24.6 Å². The van der Waals surface area contributed by atoms with E-state index in [1.165, 1.54) is 9.80 Å². The first-order chi connectivity index (χ1) is 12.4. The fourth-order valence-electron chi connectivity index (χ4n) is 3.58. The van der Waals surface area contributed by atoms with E-state index in [1.807, 2.05) is 0 Å². The first-order valence-electron chi connectivity index (χ1n) is 8.40. The maximum atomic E-state index is 12.6. The molecule has 1 aromatic rings. The van der Waals surface area contributed by atoms with E-state index < -0.39 is 5.60 Å². The van der Waals surface area contributed by atoms with E-state index in [9.17, 15) is 14.4 Å². The average molecular weight is 360 g/mol. The molecule has 3 aliphatic rings. The van der Waals surface area contributed by atoms with E-state index in [1.54, 1.807) is 37.2 Å². The van der Waals surface area contributed by atoms with Crippen LogP contribution in [0.2, 0.25) is 0 Å². The highest BCUT2D eigenvalue weighted by atomic mass is 16.6. The smallest absolute Gasteiger partial charge is 0.410 e. The van der Waals surface area contributed by atoms with Gasteiger partial charge in [-0.1, -0.05) is 0 Å². The molecule has 4 amide bonds. The number of likely N-dealkylation sites (N-methyl/N-ethyl adjacent to an activating group) is 2. The van der Waals surface area contributed by atoms with E-state index >= 15 is 0 Å². The molecule has 2 fully saturated rings. The number of anilines is 2. The maximum Gasteiger partial charge on any atom is 0.410 e. The number of carbonyl (C=O) groups is 3. The summed E-state index contributed by atoms with van der Waals surface area (Å²) in [5, 5.41) is 2.84. The van der Waals surface area contributed by atoms with Gasteiger partial charge in [0.1, 0.15) is 5.75 Å². The minimum Gasteiger partial charge on any atom is -0.482 e. The van der Waals surface area contributed by atoms with E-state index in [0.29, 0.717) is 43.2 Å². The molecule has 1 aromatic carbocycles. The van der Waals surface area contributed by atoms with Crippen molar-refractivity contribution in [1.29, 1.82) is 0 Å². The Labute approximate surface area is 150 Å². The Hall–Kier alpha value is -2.97. The predicted molar refractivity (Wildman–Crippen MR) is 92.4 cm³/mol. The zero-order valence-electron chi connectivity index (χ0n) is 14.7. The molecule has 2 saturated heterocycles. The standard InChI is InChI=1S/C17H20N4O5/c1-19-9-17(26-16(19)24)5-6-21(10-17)15(23)18-11-3-4-13-12(7-11)20(2)14(22)8-25-13/h3-4,7H,5-6,8-10H2,1-2H3,(H,18,23)/t17-/m0/s1. The number of amides is 4. The van der Waals surface area contributed by atoms with Gasteiger partial charge in [-0.3, -0.25) is 4.79 Å².